The van der Waals surface area contributed by atoms with Gasteiger partial charge in [-0.2, -0.15) is 0 Å². The fraction of sp³-hybridized carbons (Fsp3) is 0.500. The third kappa shape index (κ3) is 3.15. The van der Waals surface area contributed by atoms with E-state index in [2.05, 4.69) is 16.8 Å². The fourth-order valence-corrected chi connectivity index (χ4v) is 3.65. The number of hydrogen-bond donors (Lipinski definition) is 1. The lowest BCUT2D eigenvalue weighted by Gasteiger charge is -2.29. The van der Waals surface area contributed by atoms with Crippen LogP contribution in [0.1, 0.15) is 13.0 Å². The van der Waals surface area contributed by atoms with Gasteiger partial charge in [-0.05, 0) is 47.8 Å². The standard InChI is InChI=1S/C14H17FIN3OS/c1-9(8-18-2-4-20-5-3-18)19-13-6-10(15)11(16)7-12(13)17-14(19)21/h6-7,9H,2-5,8H2,1H3,(H,17,21). The Morgan fingerprint density at radius 1 is 1.43 bits per heavy atom. The first-order valence-electron chi connectivity index (χ1n) is 6.95. The number of nitrogens with one attached hydrogen (secondary N) is 1. The van der Waals surface area contributed by atoms with Crippen molar-refractivity contribution in [2.45, 2.75) is 13.0 Å². The Hall–Kier alpha value is -0.510. The van der Waals surface area contributed by atoms with Crippen LogP contribution >= 0.6 is 34.8 Å². The molecular formula is C14H17FIN3OS. The van der Waals surface area contributed by atoms with Crippen molar-refractivity contribution in [3.8, 4) is 0 Å². The van der Waals surface area contributed by atoms with Crippen LogP contribution in [0.5, 0.6) is 0 Å². The van der Waals surface area contributed by atoms with Gasteiger partial charge in [-0.25, -0.2) is 4.39 Å². The van der Waals surface area contributed by atoms with Crippen LogP contribution in [0.4, 0.5) is 4.39 Å². The van der Waals surface area contributed by atoms with Crippen molar-refractivity contribution in [3.05, 3.63) is 26.3 Å². The van der Waals surface area contributed by atoms with Crippen LogP contribution in [0.15, 0.2) is 12.1 Å². The molecule has 114 valence electrons. The third-order valence-electron chi connectivity index (χ3n) is 3.83. The summed E-state index contributed by atoms with van der Waals surface area (Å²) >= 11 is 7.42. The number of H-pyrrole nitrogens is 1. The number of imidazole rings is 1. The lowest BCUT2D eigenvalue weighted by atomic mass is 10.2. The molecule has 7 heteroatoms. The van der Waals surface area contributed by atoms with Gasteiger partial charge >= 0.3 is 0 Å². The van der Waals surface area contributed by atoms with Crippen LogP contribution in [0.3, 0.4) is 0 Å². The summed E-state index contributed by atoms with van der Waals surface area (Å²) in [5.74, 6) is -0.204. The van der Waals surface area contributed by atoms with E-state index >= 15 is 0 Å². The zero-order chi connectivity index (χ0) is 15.0. The maximum Gasteiger partial charge on any atom is 0.178 e. The van der Waals surface area contributed by atoms with Gasteiger partial charge in [0.15, 0.2) is 4.77 Å². The van der Waals surface area contributed by atoms with Crippen LogP contribution in [0.25, 0.3) is 11.0 Å². The average molecular weight is 421 g/mol. The van der Waals surface area contributed by atoms with Crippen LogP contribution in [0.2, 0.25) is 0 Å². The number of ether oxygens (including phenoxy) is 1. The number of halogens is 2. The minimum absolute atomic E-state index is 0.184. The summed E-state index contributed by atoms with van der Waals surface area (Å²) in [6, 6.07) is 3.56. The number of morpholine rings is 1. The first-order valence-corrected chi connectivity index (χ1v) is 8.44. The molecule has 1 aliphatic heterocycles. The molecule has 1 fully saturated rings. The summed E-state index contributed by atoms with van der Waals surface area (Å²) in [7, 11) is 0. The smallest absolute Gasteiger partial charge is 0.178 e. The minimum Gasteiger partial charge on any atom is -0.379 e. The van der Waals surface area contributed by atoms with E-state index in [0.29, 0.717) is 8.34 Å². The van der Waals surface area contributed by atoms with Gasteiger partial charge < -0.3 is 14.3 Å². The van der Waals surface area contributed by atoms with Gasteiger partial charge in [0.1, 0.15) is 5.82 Å². The second-order valence-electron chi connectivity index (χ2n) is 5.35. The summed E-state index contributed by atoms with van der Waals surface area (Å²) in [5.41, 5.74) is 1.72. The number of hydrogen-bond acceptors (Lipinski definition) is 3. The molecule has 0 spiro atoms. The van der Waals surface area contributed by atoms with E-state index in [9.17, 15) is 4.39 Å². The topological polar surface area (TPSA) is 33.2 Å². The Morgan fingerprint density at radius 2 is 2.14 bits per heavy atom. The molecule has 3 rings (SSSR count). The highest BCUT2D eigenvalue weighted by molar-refractivity contribution is 14.1. The Labute approximate surface area is 141 Å². The molecular weight excluding hydrogens is 404 g/mol. The highest BCUT2D eigenvalue weighted by atomic mass is 127. The highest BCUT2D eigenvalue weighted by Crippen LogP contribution is 2.24. The molecule has 1 saturated heterocycles. The quantitative estimate of drug-likeness (QED) is 0.610. The summed E-state index contributed by atoms with van der Waals surface area (Å²) in [5, 5.41) is 0. The van der Waals surface area contributed by atoms with E-state index in [1.807, 2.05) is 27.2 Å². The van der Waals surface area contributed by atoms with Crippen LogP contribution in [0, 0.1) is 14.2 Å². The molecule has 1 aromatic carbocycles. The molecule has 0 radical (unpaired) electrons. The summed E-state index contributed by atoms with van der Waals surface area (Å²) in [6.45, 7) is 6.43. The second-order valence-corrected chi connectivity index (χ2v) is 6.89. The number of fused-ring (bicyclic) bond motifs is 1. The van der Waals surface area contributed by atoms with Gasteiger partial charge in [-0.3, -0.25) is 4.90 Å². The summed E-state index contributed by atoms with van der Waals surface area (Å²) < 4.78 is 22.5. The van der Waals surface area contributed by atoms with Crippen molar-refractivity contribution in [1.29, 1.82) is 0 Å². The van der Waals surface area contributed by atoms with E-state index in [1.54, 1.807) is 12.1 Å². The maximum absolute atomic E-state index is 13.9. The van der Waals surface area contributed by atoms with Crippen molar-refractivity contribution in [2.24, 2.45) is 0 Å². The molecule has 1 aliphatic rings. The largest absolute Gasteiger partial charge is 0.379 e. The average Bonchev–Trinajstić information content (AvgIpc) is 2.75. The SMILES string of the molecule is CC(CN1CCOCC1)n1c(=S)[nH]c2cc(I)c(F)cc21. The Bertz CT molecular complexity index is 708. The van der Waals surface area contributed by atoms with E-state index in [1.165, 1.54) is 0 Å². The molecule has 2 aromatic rings. The Balaban J connectivity index is 1.93. The monoisotopic (exact) mass is 421 g/mol. The number of rotatable bonds is 3. The lowest BCUT2D eigenvalue weighted by molar-refractivity contribution is 0.0327. The van der Waals surface area contributed by atoms with E-state index in [0.717, 1.165) is 43.9 Å². The lowest BCUT2D eigenvalue weighted by Crippen LogP contribution is -2.39. The summed E-state index contributed by atoms with van der Waals surface area (Å²) in [4.78, 5) is 5.54. The number of aromatic amines is 1. The molecule has 0 saturated carbocycles. The molecule has 21 heavy (non-hydrogen) atoms. The van der Waals surface area contributed by atoms with Gasteiger partial charge in [0, 0.05) is 31.7 Å². The van der Waals surface area contributed by atoms with Crippen molar-refractivity contribution in [2.75, 3.05) is 32.8 Å². The van der Waals surface area contributed by atoms with Gasteiger partial charge in [-0.1, -0.05) is 0 Å². The number of benzene rings is 1. The molecule has 0 bridgehead atoms. The van der Waals surface area contributed by atoms with Gasteiger partial charge in [-0.15, -0.1) is 0 Å². The minimum atomic E-state index is -0.204. The molecule has 1 aromatic heterocycles. The van der Waals surface area contributed by atoms with Crippen LogP contribution < -0.4 is 0 Å². The number of aromatic nitrogens is 2. The predicted molar refractivity (Wildman–Crippen MR) is 91.8 cm³/mol. The number of nitrogens with zero attached hydrogens (tertiary/aromatic N) is 2. The highest BCUT2D eigenvalue weighted by Gasteiger charge is 2.18. The van der Waals surface area contributed by atoms with Gasteiger partial charge in [0.05, 0.1) is 27.8 Å². The van der Waals surface area contributed by atoms with Crippen LogP contribution in [-0.2, 0) is 4.74 Å². The van der Waals surface area contributed by atoms with Crippen molar-refractivity contribution in [3.63, 3.8) is 0 Å². The fourth-order valence-electron chi connectivity index (χ4n) is 2.80. The van der Waals surface area contributed by atoms with Crippen molar-refractivity contribution in [1.82, 2.24) is 14.5 Å². The first kappa shape index (κ1) is 15.4. The maximum atomic E-state index is 13.9. The zero-order valence-corrected chi connectivity index (χ0v) is 14.7. The zero-order valence-electron chi connectivity index (χ0n) is 11.7. The Kier molecular flexibility index (Phi) is 4.63. The van der Waals surface area contributed by atoms with Gasteiger partial charge in [0.2, 0.25) is 0 Å². The predicted octanol–water partition coefficient (Wildman–Crippen LogP) is 3.34. The van der Waals surface area contributed by atoms with E-state index in [4.69, 9.17) is 17.0 Å². The van der Waals surface area contributed by atoms with Crippen molar-refractivity contribution >= 4 is 45.8 Å². The normalized spacial score (nSPS) is 18.2. The van der Waals surface area contributed by atoms with E-state index < -0.39 is 0 Å². The molecule has 1 N–H and O–H groups in total. The van der Waals surface area contributed by atoms with Crippen LogP contribution in [-0.4, -0.2) is 47.3 Å². The molecule has 0 aliphatic carbocycles. The molecule has 0 amide bonds. The van der Waals surface area contributed by atoms with Gasteiger partial charge in [0.25, 0.3) is 0 Å². The second kappa shape index (κ2) is 6.31. The molecule has 1 unspecified atom stereocenters. The summed E-state index contributed by atoms with van der Waals surface area (Å²) in [6.07, 6.45) is 0. The first-order chi connectivity index (χ1) is 10.1. The molecule has 4 nitrogen and oxygen atoms in total. The molecule has 1 atom stereocenters. The Morgan fingerprint density at radius 3 is 2.86 bits per heavy atom. The molecule has 2 heterocycles. The van der Waals surface area contributed by atoms with Crippen molar-refractivity contribution < 1.29 is 9.13 Å². The van der Waals surface area contributed by atoms with E-state index in [-0.39, 0.29) is 11.9 Å². The third-order valence-corrected chi connectivity index (χ3v) is 4.95.